The molecule has 0 fully saturated rings. The van der Waals surface area contributed by atoms with Crippen molar-refractivity contribution in [2.24, 2.45) is 5.73 Å². The van der Waals surface area contributed by atoms with Gasteiger partial charge in [0.15, 0.2) is 0 Å². The van der Waals surface area contributed by atoms with E-state index in [2.05, 4.69) is 16.0 Å². The van der Waals surface area contributed by atoms with Gasteiger partial charge in [-0.1, -0.05) is 6.07 Å². The van der Waals surface area contributed by atoms with E-state index in [1.165, 1.54) is 0 Å². The number of hydrogen-bond donors (Lipinski definition) is 1. The summed E-state index contributed by atoms with van der Waals surface area (Å²) < 4.78 is 5.10. The number of nitriles is 1. The maximum atomic E-state index is 8.71. The molecule has 0 aliphatic carbocycles. The summed E-state index contributed by atoms with van der Waals surface area (Å²) in [6.07, 6.45) is 4.05. The van der Waals surface area contributed by atoms with Gasteiger partial charge < -0.3 is 10.5 Å². The molecule has 0 aliphatic heterocycles. The minimum Gasteiger partial charge on any atom is -0.383 e. The van der Waals surface area contributed by atoms with Gasteiger partial charge in [-0.3, -0.25) is 9.88 Å². The molecule has 18 heavy (non-hydrogen) atoms. The Balaban J connectivity index is 2.76. The van der Waals surface area contributed by atoms with Gasteiger partial charge in [0.25, 0.3) is 0 Å². The van der Waals surface area contributed by atoms with E-state index in [-0.39, 0.29) is 6.04 Å². The highest BCUT2D eigenvalue weighted by molar-refractivity contribution is 5.14. The molecular weight excluding hydrogens is 228 g/mol. The third-order valence-electron chi connectivity index (χ3n) is 2.83. The zero-order valence-corrected chi connectivity index (χ0v) is 10.7. The van der Waals surface area contributed by atoms with E-state index in [0.717, 1.165) is 12.1 Å². The summed E-state index contributed by atoms with van der Waals surface area (Å²) in [7, 11) is 1.67. The Bertz CT molecular complexity index is 363. The van der Waals surface area contributed by atoms with Crippen LogP contribution in [0.3, 0.4) is 0 Å². The Kier molecular flexibility index (Phi) is 6.96. The van der Waals surface area contributed by atoms with E-state index in [1.807, 2.05) is 18.3 Å². The minimum absolute atomic E-state index is 0.0854. The molecule has 0 amide bonds. The summed E-state index contributed by atoms with van der Waals surface area (Å²) in [6, 6.07) is 6.16. The molecule has 0 spiro atoms. The van der Waals surface area contributed by atoms with Gasteiger partial charge in [0.05, 0.1) is 12.7 Å². The summed E-state index contributed by atoms with van der Waals surface area (Å²) in [4.78, 5) is 6.29. The first-order valence-electron chi connectivity index (χ1n) is 6.03. The number of ether oxygens (including phenoxy) is 1. The molecule has 1 heterocycles. The molecule has 0 saturated heterocycles. The maximum absolute atomic E-state index is 8.71. The summed E-state index contributed by atoms with van der Waals surface area (Å²) >= 11 is 0. The molecule has 0 bridgehead atoms. The van der Waals surface area contributed by atoms with Crippen molar-refractivity contribution in [1.82, 2.24) is 9.88 Å². The summed E-state index contributed by atoms with van der Waals surface area (Å²) in [6.45, 7) is 2.58. The molecule has 0 aromatic carbocycles. The Morgan fingerprint density at radius 2 is 2.39 bits per heavy atom. The number of nitrogens with two attached hydrogens (primary N) is 1. The van der Waals surface area contributed by atoms with Crippen LogP contribution >= 0.6 is 0 Å². The number of methoxy groups -OCH3 is 1. The van der Waals surface area contributed by atoms with Gasteiger partial charge in [0, 0.05) is 51.6 Å². The average Bonchev–Trinajstić information content (AvgIpc) is 2.43. The minimum atomic E-state index is 0.0854. The van der Waals surface area contributed by atoms with Gasteiger partial charge in [-0.15, -0.1) is 0 Å². The molecule has 0 saturated carbocycles. The number of pyridine rings is 1. The van der Waals surface area contributed by atoms with Gasteiger partial charge in [-0.25, -0.2) is 0 Å². The highest BCUT2D eigenvalue weighted by Crippen LogP contribution is 2.18. The van der Waals surface area contributed by atoms with E-state index in [4.69, 9.17) is 15.7 Å². The van der Waals surface area contributed by atoms with Crippen LogP contribution in [-0.2, 0) is 4.74 Å². The molecule has 5 nitrogen and oxygen atoms in total. The molecule has 1 rings (SSSR count). The fourth-order valence-corrected chi connectivity index (χ4v) is 1.89. The summed E-state index contributed by atoms with van der Waals surface area (Å²) in [5.41, 5.74) is 6.93. The monoisotopic (exact) mass is 248 g/mol. The number of nitrogens with zero attached hydrogens (tertiary/aromatic N) is 3. The highest BCUT2D eigenvalue weighted by Gasteiger charge is 2.18. The zero-order valence-electron chi connectivity index (χ0n) is 10.7. The van der Waals surface area contributed by atoms with E-state index in [1.54, 1.807) is 13.3 Å². The van der Waals surface area contributed by atoms with Gasteiger partial charge in [0.2, 0.25) is 0 Å². The van der Waals surface area contributed by atoms with Crippen LogP contribution < -0.4 is 5.73 Å². The van der Waals surface area contributed by atoms with Crippen LogP contribution in [0, 0.1) is 11.3 Å². The second-order valence-electron chi connectivity index (χ2n) is 3.97. The number of aromatic nitrogens is 1. The molecule has 1 unspecified atom stereocenters. The summed E-state index contributed by atoms with van der Waals surface area (Å²) in [5, 5.41) is 8.71. The lowest BCUT2D eigenvalue weighted by molar-refractivity contribution is 0.123. The Hall–Kier alpha value is -1.48. The topological polar surface area (TPSA) is 75.2 Å². The smallest absolute Gasteiger partial charge is 0.0635 e. The van der Waals surface area contributed by atoms with E-state index < -0.39 is 0 Å². The first-order valence-corrected chi connectivity index (χ1v) is 6.03. The lowest BCUT2D eigenvalue weighted by Crippen LogP contribution is -2.36. The second kappa shape index (κ2) is 8.59. The van der Waals surface area contributed by atoms with Crippen LogP contribution in [0.2, 0.25) is 0 Å². The Labute approximate surface area is 108 Å². The Morgan fingerprint density at radius 1 is 1.56 bits per heavy atom. The third kappa shape index (κ3) is 4.41. The largest absolute Gasteiger partial charge is 0.383 e. The quantitative estimate of drug-likeness (QED) is 0.741. The van der Waals surface area contributed by atoms with Gasteiger partial charge in [0.1, 0.15) is 0 Å². The lowest BCUT2D eigenvalue weighted by Gasteiger charge is -2.30. The predicted octanol–water partition coefficient (Wildman–Crippen LogP) is 0.943. The maximum Gasteiger partial charge on any atom is 0.0635 e. The van der Waals surface area contributed by atoms with Crippen LogP contribution in [0.4, 0.5) is 0 Å². The fourth-order valence-electron chi connectivity index (χ4n) is 1.89. The average molecular weight is 248 g/mol. The zero-order chi connectivity index (χ0) is 13.2. The Morgan fingerprint density at radius 3 is 2.94 bits per heavy atom. The van der Waals surface area contributed by atoms with Crippen LogP contribution in [0.5, 0.6) is 0 Å². The number of rotatable bonds is 8. The van der Waals surface area contributed by atoms with Gasteiger partial charge in [-0.05, 0) is 11.6 Å². The molecule has 1 aromatic rings. The molecule has 98 valence electrons. The molecule has 0 aliphatic rings. The second-order valence-corrected chi connectivity index (χ2v) is 3.97. The van der Waals surface area contributed by atoms with Crippen molar-refractivity contribution in [3.8, 4) is 6.07 Å². The van der Waals surface area contributed by atoms with Crippen LogP contribution in [-0.4, -0.2) is 43.2 Å². The van der Waals surface area contributed by atoms with Crippen molar-refractivity contribution in [3.63, 3.8) is 0 Å². The van der Waals surface area contributed by atoms with Crippen molar-refractivity contribution < 1.29 is 4.74 Å². The normalized spacial score (nSPS) is 12.3. The SMILES string of the molecule is COCCN(CCC#N)C(CN)c1cccnc1. The molecule has 1 atom stereocenters. The van der Waals surface area contributed by atoms with Gasteiger partial charge >= 0.3 is 0 Å². The molecular formula is C13H20N4O. The van der Waals surface area contributed by atoms with Crippen LogP contribution in [0.15, 0.2) is 24.5 Å². The van der Waals surface area contributed by atoms with Crippen molar-refractivity contribution in [3.05, 3.63) is 30.1 Å². The van der Waals surface area contributed by atoms with Crippen molar-refractivity contribution >= 4 is 0 Å². The molecule has 5 heteroatoms. The fraction of sp³-hybridized carbons (Fsp3) is 0.538. The third-order valence-corrected chi connectivity index (χ3v) is 2.83. The van der Waals surface area contributed by atoms with Crippen LogP contribution in [0.1, 0.15) is 18.0 Å². The standard InChI is InChI=1S/C13H20N4O/c1-18-9-8-17(7-3-5-14)13(10-15)12-4-2-6-16-11-12/h2,4,6,11,13H,3,7-10,15H2,1H3. The number of hydrogen-bond acceptors (Lipinski definition) is 5. The van der Waals surface area contributed by atoms with E-state index in [0.29, 0.717) is 26.1 Å². The molecule has 0 radical (unpaired) electrons. The first kappa shape index (κ1) is 14.6. The van der Waals surface area contributed by atoms with Crippen molar-refractivity contribution in [1.29, 1.82) is 5.26 Å². The summed E-state index contributed by atoms with van der Waals surface area (Å²) in [5.74, 6) is 0. The highest BCUT2D eigenvalue weighted by atomic mass is 16.5. The molecule has 1 aromatic heterocycles. The predicted molar refractivity (Wildman–Crippen MR) is 69.7 cm³/mol. The first-order chi connectivity index (χ1) is 8.83. The van der Waals surface area contributed by atoms with Crippen LogP contribution in [0.25, 0.3) is 0 Å². The molecule has 2 N–H and O–H groups in total. The van der Waals surface area contributed by atoms with E-state index in [9.17, 15) is 0 Å². The van der Waals surface area contributed by atoms with Gasteiger partial charge in [-0.2, -0.15) is 5.26 Å². The van der Waals surface area contributed by atoms with Crippen molar-refractivity contribution in [2.75, 3.05) is 33.4 Å². The lowest BCUT2D eigenvalue weighted by atomic mass is 10.1. The van der Waals surface area contributed by atoms with E-state index >= 15 is 0 Å². The van der Waals surface area contributed by atoms with Crippen molar-refractivity contribution in [2.45, 2.75) is 12.5 Å².